The molecule has 1 heterocycles. The fraction of sp³-hybridized carbons (Fsp3) is 0.533. The van der Waals surface area contributed by atoms with Gasteiger partial charge in [-0.3, -0.25) is 4.79 Å². The maximum Gasteiger partial charge on any atom is 0.223 e. The number of halogens is 2. The summed E-state index contributed by atoms with van der Waals surface area (Å²) >= 11 is 6.14. The molecule has 0 atom stereocenters. The van der Waals surface area contributed by atoms with E-state index in [1.807, 2.05) is 36.2 Å². The third-order valence-electron chi connectivity index (χ3n) is 3.58. The summed E-state index contributed by atoms with van der Waals surface area (Å²) in [4.78, 5) is 16.2. The highest BCUT2D eigenvalue weighted by Gasteiger charge is 2.16. The number of hydrogen-bond acceptors (Lipinski definition) is 3. The number of carbonyl (C=O) groups is 1. The topological polar surface area (TPSA) is 35.6 Å². The van der Waals surface area contributed by atoms with Gasteiger partial charge in [0, 0.05) is 50.7 Å². The molecule has 0 aliphatic carbocycles. The average molecular weight is 332 g/mol. The van der Waals surface area contributed by atoms with Crippen molar-refractivity contribution < 1.29 is 4.79 Å². The summed E-state index contributed by atoms with van der Waals surface area (Å²) in [7, 11) is 2.02. The van der Waals surface area contributed by atoms with Crippen LogP contribution in [0, 0.1) is 0 Å². The second kappa shape index (κ2) is 9.26. The van der Waals surface area contributed by atoms with Crippen molar-refractivity contribution in [1.82, 2.24) is 15.1 Å². The Morgan fingerprint density at radius 1 is 1.33 bits per heavy atom. The molecular formula is C15H23Cl2N3O. The first-order valence-corrected chi connectivity index (χ1v) is 7.45. The fourth-order valence-electron chi connectivity index (χ4n) is 2.36. The van der Waals surface area contributed by atoms with Crippen LogP contribution in [0.1, 0.15) is 12.0 Å². The summed E-state index contributed by atoms with van der Waals surface area (Å²) in [6.45, 7) is 4.99. The Hall–Kier alpha value is -0.810. The molecule has 1 aromatic rings. The molecule has 0 bridgehead atoms. The fourth-order valence-corrected chi connectivity index (χ4v) is 2.55. The van der Waals surface area contributed by atoms with Gasteiger partial charge < -0.3 is 15.1 Å². The first-order chi connectivity index (χ1) is 9.66. The van der Waals surface area contributed by atoms with Crippen LogP contribution >= 0.6 is 24.0 Å². The van der Waals surface area contributed by atoms with Crippen molar-refractivity contribution in [1.29, 1.82) is 0 Å². The van der Waals surface area contributed by atoms with Gasteiger partial charge >= 0.3 is 0 Å². The molecule has 0 saturated carbocycles. The lowest BCUT2D eigenvalue weighted by Crippen LogP contribution is -2.47. The number of nitrogens with zero attached hydrogens (tertiary/aromatic N) is 2. The summed E-state index contributed by atoms with van der Waals surface area (Å²) in [6.07, 6.45) is 0.570. The Kier molecular flexibility index (Phi) is 8.04. The van der Waals surface area contributed by atoms with E-state index in [2.05, 4.69) is 10.2 Å². The Morgan fingerprint density at radius 2 is 2.00 bits per heavy atom. The highest BCUT2D eigenvalue weighted by Crippen LogP contribution is 2.16. The first-order valence-electron chi connectivity index (χ1n) is 7.07. The molecule has 6 heteroatoms. The number of carbonyl (C=O) groups excluding carboxylic acids is 1. The molecule has 1 fully saturated rings. The zero-order valence-corrected chi connectivity index (χ0v) is 13.9. The van der Waals surface area contributed by atoms with Crippen LogP contribution in [0.25, 0.3) is 0 Å². The van der Waals surface area contributed by atoms with Crippen LogP contribution in [-0.2, 0) is 11.3 Å². The van der Waals surface area contributed by atoms with Crippen molar-refractivity contribution in [3.8, 4) is 0 Å². The van der Waals surface area contributed by atoms with E-state index in [-0.39, 0.29) is 18.3 Å². The Labute approximate surface area is 137 Å². The van der Waals surface area contributed by atoms with Gasteiger partial charge in [-0.2, -0.15) is 0 Å². The largest absolute Gasteiger partial charge is 0.340 e. The smallest absolute Gasteiger partial charge is 0.223 e. The minimum Gasteiger partial charge on any atom is -0.340 e. The van der Waals surface area contributed by atoms with Crippen molar-refractivity contribution in [3.05, 3.63) is 34.9 Å². The van der Waals surface area contributed by atoms with Crippen LogP contribution < -0.4 is 5.32 Å². The third-order valence-corrected chi connectivity index (χ3v) is 3.94. The molecule has 21 heavy (non-hydrogen) atoms. The highest BCUT2D eigenvalue weighted by atomic mass is 35.5. The van der Waals surface area contributed by atoms with E-state index in [0.29, 0.717) is 6.42 Å². The third kappa shape index (κ3) is 5.83. The molecule has 0 spiro atoms. The summed E-state index contributed by atoms with van der Waals surface area (Å²) < 4.78 is 0. The Morgan fingerprint density at radius 3 is 2.67 bits per heavy atom. The van der Waals surface area contributed by atoms with E-state index in [1.54, 1.807) is 0 Å². The van der Waals surface area contributed by atoms with E-state index in [4.69, 9.17) is 11.6 Å². The number of nitrogens with one attached hydrogen (secondary N) is 1. The molecular weight excluding hydrogens is 309 g/mol. The lowest BCUT2D eigenvalue weighted by molar-refractivity contribution is -0.132. The highest BCUT2D eigenvalue weighted by molar-refractivity contribution is 6.31. The zero-order chi connectivity index (χ0) is 14.4. The molecule has 0 aromatic heterocycles. The van der Waals surface area contributed by atoms with Crippen molar-refractivity contribution in [3.63, 3.8) is 0 Å². The molecule has 1 aliphatic rings. The number of amides is 1. The summed E-state index contributed by atoms with van der Waals surface area (Å²) in [5, 5.41) is 4.04. The van der Waals surface area contributed by atoms with Crippen LogP contribution in [-0.4, -0.2) is 55.5 Å². The molecule has 1 aliphatic heterocycles. The van der Waals surface area contributed by atoms with Crippen molar-refractivity contribution in [2.75, 3.05) is 39.8 Å². The molecule has 4 nitrogen and oxygen atoms in total. The molecule has 1 saturated heterocycles. The predicted molar refractivity (Wildman–Crippen MR) is 89.1 cm³/mol. The van der Waals surface area contributed by atoms with Crippen LogP contribution in [0.4, 0.5) is 0 Å². The molecule has 0 radical (unpaired) electrons. The molecule has 0 unspecified atom stereocenters. The molecule has 1 aromatic carbocycles. The summed E-state index contributed by atoms with van der Waals surface area (Å²) in [6, 6.07) is 7.84. The minimum absolute atomic E-state index is 0. The van der Waals surface area contributed by atoms with Crippen LogP contribution in [0.5, 0.6) is 0 Å². The Bertz CT molecular complexity index is 450. The predicted octanol–water partition coefficient (Wildman–Crippen LogP) is 2.02. The lowest BCUT2D eigenvalue weighted by Gasteiger charge is -2.28. The van der Waals surface area contributed by atoms with Crippen LogP contribution in [0.2, 0.25) is 5.02 Å². The second-order valence-electron chi connectivity index (χ2n) is 5.21. The van der Waals surface area contributed by atoms with Crippen molar-refractivity contribution in [2.45, 2.75) is 13.0 Å². The second-order valence-corrected chi connectivity index (χ2v) is 5.62. The van der Waals surface area contributed by atoms with Crippen molar-refractivity contribution >= 4 is 29.9 Å². The quantitative estimate of drug-likeness (QED) is 0.896. The molecule has 1 amide bonds. The van der Waals surface area contributed by atoms with Crippen molar-refractivity contribution in [2.24, 2.45) is 0 Å². The monoisotopic (exact) mass is 331 g/mol. The lowest BCUT2D eigenvalue weighted by atomic mass is 10.2. The van der Waals surface area contributed by atoms with E-state index >= 15 is 0 Å². The summed E-state index contributed by atoms with van der Waals surface area (Å²) in [5.41, 5.74) is 1.10. The minimum atomic E-state index is 0. The van der Waals surface area contributed by atoms with Gasteiger partial charge in [-0.15, -0.1) is 12.4 Å². The number of piperazine rings is 1. The average Bonchev–Trinajstić information content (AvgIpc) is 2.48. The van der Waals surface area contributed by atoms with Gasteiger partial charge in [-0.25, -0.2) is 0 Å². The number of hydrogen-bond donors (Lipinski definition) is 1. The van der Waals surface area contributed by atoms with Crippen LogP contribution in [0.3, 0.4) is 0 Å². The summed E-state index contributed by atoms with van der Waals surface area (Å²) in [5.74, 6) is 0.248. The standard InChI is InChI=1S/C15H22ClN3O.ClH/c1-18(12-13-4-2-3-5-14(13)16)9-6-15(20)19-10-7-17-8-11-19;/h2-5,17H,6-12H2,1H3;1H. The van der Waals surface area contributed by atoms with Gasteiger partial charge in [0.2, 0.25) is 5.91 Å². The van der Waals surface area contributed by atoms with Gasteiger partial charge in [0.05, 0.1) is 0 Å². The van der Waals surface area contributed by atoms with Crippen LogP contribution in [0.15, 0.2) is 24.3 Å². The van der Waals surface area contributed by atoms with E-state index in [0.717, 1.165) is 49.9 Å². The van der Waals surface area contributed by atoms with Gasteiger partial charge in [-0.1, -0.05) is 29.8 Å². The maximum absolute atomic E-state index is 12.1. The van der Waals surface area contributed by atoms with E-state index in [1.165, 1.54) is 0 Å². The molecule has 2 rings (SSSR count). The number of benzene rings is 1. The molecule has 118 valence electrons. The zero-order valence-electron chi connectivity index (χ0n) is 12.3. The van der Waals surface area contributed by atoms with E-state index in [9.17, 15) is 4.79 Å². The first kappa shape index (κ1) is 18.2. The van der Waals surface area contributed by atoms with E-state index < -0.39 is 0 Å². The van der Waals surface area contributed by atoms with Gasteiger partial charge in [0.1, 0.15) is 0 Å². The maximum atomic E-state index is 12.1. The van der Waals surface area contributed by atoms with Gasteiger partial charge in [0.25, 0.3) is 0 Å². The number of rotatable bonds is 5. The SMILES string of the molecule is CN(CCC(=O)N1CCNCC1)Cc1ccccc1Cl.Cl. The van der Waals surface area contributed by atoms with Gasteiger partial charge in [-0.05, 0) is 18.7 Å². The Balaban J connectivity index is 0.00000220. The van der Waals surface area contributed by atoms with Gasteiger partial charge in [0.15, 0.2) is 0 Å². The normalized spacial score (nSPS) is 14.9. The molecule has 1 N–H and O–H groups in total.